The molecule has 0 aliphatic carbocycles. The first-order chi connectivity index (χ1) is 25.3. The van der Waals surface area contributed by atoms with E-state index < -0.39 is 79.3 Å². The number of nitrogens with zero attached hydrogens (tertiary/aromatic N) is 6. The number of azide groups is 2. The zero-order valence-electron chi connectivity index (χ0n) is 31.3. The first-order valence-electron chi connectivity index (χ1n) is 17.5. The molecule has 53 heavy (non-hydrogen) atoms. The molecule has 4 rings (SSSR count). The van der Waals surface area contributed by atoms with Gasteiger partial charge < -0.3 is 37.9 Å². The average molecular weight is 747 g/mol. The van der Waals surface area contributed by atoms with Crippen LogP contribution in [-0.2, 0) is 63.7 Å². The molecule has 7 unspecified atom stereocenters. The average Bonchev–Trinajstić information content (AvgIpc) is 3.11. The second-order valence-corrected chi connectivity index (χ2v) is 13.6. The number of hydrogen-bond acceptors (Lipinski definition) is 14. The second-order valence-electron chi connectivity index (χ2n) is 13.6. The molecule has 3 heterocycles. The maximum absolute atomic E-state index is 11.8. The van der Waals surface area contributed by atoms with E-state index in [0.717, 1.165) is 5.56 Å². The van der Waals surface area contributed by atoms with Gasteiger partial charge in [-0.25, -0.2) is 0 Å². The Labute approximate surface area is 308 Å². The van der Waals surface area contributed by atoms with Crippen LogP contribution >= 0.6 is 0 Å². The number of benzene rings is 1. The van der Waals surface area contributed by atoms with Crippen LogP contribution in [0.3, 0.4) is 0 Å². The monoisotopic (exact) mass is 746 g/mol. The lowest BCUT2D eigenvalue weighted by Crippen LogP contribution is -2.61. The summed E-state index contributed by atoms with van der Waals surface area (Å²) in [5.74, 6) is -1.85. The van der Waals surface area contributed by atoms with Gasteiger partial charge in [-0.3, -0.25) is 9.59 Å². The Bertz CT molecular complexity index is 1470. The molecule has 0 N–H and O–H groups in total. The summed E-state index contributed by atoms with van der Waals surface area (Å²) >= 11 is 0. The molecule has 3 aliphatic heterocycles. The molecule has 0 aromatic heterocycles. The van der Waals surface area contributed by atoms with E-state index in [1.165, 1.54) is 13.8 Å². The van der Waals surface area contributed by atoms with Crippen molar-refractivity contribution in [1.29, 1.82) is 0 Å². The van der Waals surface area contributed by atoms with Crippen LogP contribution in [0, 0.1) is 23.7 Å². The molecule has 0 spiro atoms. The van der Waals surface area contributed by atoms with Gasteiger partial charge in [-0.2, -0.15) is 9.59 Å². The fraction of sp³-hybridized carbons (Fsp3) is 0.743. The summed E-state index contributed by atoms with van der Waals surface area (Å²) in [7, 11) is 0. The first kappa shape index (κ1) is 43.3. The van der Waals surface area contributed by atoms with Crippen LogP contribution in [0.2, 0.25) is 0 Å². The fourth-order valence-corrected chi connectivity index (χ4v) is 7.07. The van der Waals surface area contributed by atoms with Crippen molar-refractivity contribution in [2.24, 2.45) is 33.9 Å². The zero-order chi connectivity index (χ0) is 39.2. The van der Waals surface area contributed by atoms with Gasteiger partial charge in [-0.05, 0) is 48.2 Å². The maximum atomic E-state index is 11.8. The first-order valence-corrected chi connectivity index (χ1v) is 17.5. The predicted molar refractivity (Wildman–Crippen MR) is 183 cm³/mol. The molecule has 3 saturated heterocycles. The Hall–Kier alpha value is -4.08. The summed E-state index contributed by atoms with van der Waals surface area (Å²) < 4.78 is 49.6. The minimum atomic E-state index is -0.964. The second kappa shape index (κ2) is 21.0. The van der Waals surface area contributed by atoms with Crippen molar-refractivity contribution in [1.82, 2.24) is 0 Å². The van der Waals surface area contributed by atoms with E-state index in [1.807, 2.05) is 65.0 Å². The normalized spacial score (nSPS) is 36.6. The number of ether oxygens (including phenoxy) is 8. The third kappa shape index (κ3) is 11.7. The van der Waals surface area contributed by atoms with Gasteiger partial charge >= 0.3 is 18.1 Å². The van der Waals surface area contributed by atoms with E-state index in [4.69, 9.17) is 47.5 Å². The molecule has 1 aromatic carbocycles. The molecule has 0 amide bonds. The van der Waals surface area contributed by atoms with E-state index in [9.17, 15) is 20.7 Å². The van der Waals surface area contributed by atoms with Crippen molar-refractivity contribution >= 4 is 18.1 Å². The van der Waals surface area contributed by atoms with E-state index >= 15 is 0 Å². The topological polar surface area (TPSA) is 240 Å². The molecule has 18 nitrogen and oxygen atoms in total. The van der Waals surface area contributed by atoms with Crippen LogP contribution in [0.1, 0.15) is 61.0 Å². The highest BCUT2D eigenvalue weighted by atomic mass is 16.7. The Kier molecular flexibility index (Phi) is 17.1. The van der Waals surface area contributed by atoms with Crippen LogP contribution in [0.4, 0.5) is 0 Å². The Morgan fingerprint density at radius 2 is 1.26 bits per heavy atom. The Morgan fingerprint density at radius 1 is 0.698 bits per heavy atom. The Balaban J connectivity index is 0.00000243. The van der Waals surface area contributed by atoms with Gasteiger partial charge in [0.2, 0.25) is 0 Å². The smallest absolute Gasteiger partial charge is 0.373 e. The lowest BCUT2D eigenvalue weighted by atomic mass is 9.82. The van der Waals surface area contributed by atoms with E-state index in [-0.39, 0.29) is 49.6 Å². The molecule has 0 radical (unpaired) electrons. The van der Waals surface area contributed by atoms with Crippen LogP contribution in [0.5, 0.6) is 0 Å². The van der Waals surface area contributed by atoms with Gasteiger partial charge in [0.15, 0.2) is 12.6 Å². The van der Waals surface area contributed by atoms with Crippen molar-refractivity contribution in [3.63, 3.8) is 0 Å². The number of carbonyl (C=O) groups excluding carboxylic acids is 4. The molecule has 3 aliphatic rings. The largest absolute Gasteiger partial charge is 0.463 e. The van der Waals surface area contributed by atoms with Gasteiger partial charge in [0.25, 0.3) is 0 Å². The van der Waals surface area contributed by atoms with Crippen molar-refractivity contribution in [2.75, 3.05) is 13.2 Å². The van der Waals surface area contributed by atoms with E-state index in [2.05, 4.69) is 20.1 Å². The molecular formula is C35H50N6O12. The lowest BCUT2D eigenvalue weighted by molar-refractivity contribution is -0.348. The Morgan fingerprint density at radius 3 is 1.85 bits per heavy atom. The molecule has 15 atom stereocenters. The van der Waals surface area contributed by atoms with Crippen LogP contribution in [-0.4, -0.2) is 98.7 Å². The summed E-state index contributed by atoms with van der Waals surface area (Å²) in [5, 5.41) is 8.03. The summed E-state index contributed by atoms with van der Waals surface area (Å²) in [5.41, 5.74) is 19.7. The highest BCUT2D eigenvalue weighted by molar-refractivity contribution is 5.66. The lowest BCUT2D eigenvalue weighted by Gasteiger charge is -2.50. The number of hydrogen-bond donors (Lipinski definition) is 0. The van der Waals surface area contributed by atoms with Gasteiger partial charge in [0.1, 0.15) is 25.4 Å². The summed E-state index contributed by atoms with van der Waals surface area (Å²) in [6.07, 6.45) is -5.84. The third-order valence-corrected chi connectivity index (χ3v) is 10.1. The predicted octanol–water partition coefficient (Wildman–Crippen LogP) is 5.04. The van der Waals surface area contributed by atoms with Gasteiger partial charge in [0, 0.05) is 29.6 Å². The molecule has 18 heteroatoms. The summed E-state index contributed by atoms with van der Waals surface area (Å²) in [6, 6.07) is 8.44. The van der Waals surface area contributed by atoms with E-state index in [1.54, 1.807) is 6.92 Å². The SMILES string of the molecule is CC(=O)OCC1O[C@H](O[C@@H]2C(C)O[C@@H](O[C@@H]3C(COC(C)=O)OC(C)C(N=[N+]=[N-])[C@H]3C)C(OCc3ccccc3)[C@H]2C)C(N=[N+]=[N-])[C@@H](C)[C@@H]1C.O=C=O. The summed E-state index contributed by atoms with van der Waals surface area (Å²) in [4.78, 5) is 45.7. The van der Waals surface area contributed by atoms with Crippen LogP contribution in [0.15, 0.2) is 40.6 Å². The van der Waals surface area contributed by atoms with Crippen molar-refractivity contribution in [3.05, 3.63) is 56.8 Å². The highest BCUT2D eigenvalue weighted by Crippen LogP contribution is 2.40. The van der Waals surface area contributed by atoms with E-state index in [0.29, 0.717) is 0 Å². The minimum absolute atomic E-state index is 0.0281. The van der Waals surface area contributed by atoms with Gasteiger partial charge in [0.05, 0.1) is 49.2 Å². The highest BCUT2D eigenvalue weighted by Gasteiger charge is 2.51. The third-order valence-electron chi connectivity index (χ3n) is 10.1. The fourth-order valence-electron chi connectivity index (χ4n) is 7.07. The van der Waals surface area contributed by atoms with Crippen molar-refractivity contribution in [2.45, 2.75) is 129 Å². The molecule has 292 valence electrons. The standard InChI is InChI=1S/C34H50N6O10.CO2/c1-17-18(2)29(38-40-36)33(48-26(17)15-43-23(7)41)49-30-20(4)32(45-14-25-12-10-9-11-13-25)34(47-22(30)6)50-31-19(3)28(37-39-35)21(5)46-27(31)16-44-24(8)42;2-1-3/h9-13,17-22,26-34H,14-16H2,1-8H3;/t17-,18-,19+,20-,21?,22?,26?,27?,28?,29?,30-,31-,32?,33+,34-;/m0./s1. The molecule has 0 saturated carbocycles. The zero-order valence-corrected chi connectivity index (χ0v) is 31.3. The van der Waals surface area contributed by atoms with Crippen LogP contribution in [0.25, 0.3) is 20.9 Å². The summed E-state index contributed by atoms with van der Waals surface area (Å²) in [6.45, 7) is 14.3. The van der Waals surface area contributed by atoms with Gasteiger partial charge in [-0.1, -0.05) is 68.3 Å². The van der Waals surface area contributed by atoms with Gasteiger partial charge in [-0.15, -0.1) is 0 Å². The quantitative estimate of drug-likeness (QED) is 0.112. The van der Waals surface area contributed by atoms with Crippen molar-refractivity contribution < 1.29 is 57.1 Å². The minimum Gasteiger partial charge on any atom is -0.463 e. The maximum Gasteiger partial charge on any atom is 0.373 e. The van der Waals surface area contributed by atoms with Crippen LogP contribution < -0.4 is 0 Å². The van der Waals surface area contributed by atoms with Crippen molar-refractivity contribution in [3.8, 4) is 0 Å². The molecule has 0 bridgehead atoms. The molecule has 1 aromatic rings. The molecule has 3 fully saturated rings. The number of esters is 2. The number of rotatable bonds is 13. The molecular weight excluding hydrogens is 696 g/mol. The number of carbonyl (C=O) groups is 2.